The zero-order valence-electron chi connectivity index (χ0n) is 13.4. The molecular weight excluding hydrogens is 315 g/mol. The summed E-state index contributed by atoms with van der Waals surface area (Å²) in [5, 5.41) is 10.6. The number of hydrogen-bond acceptors (Lipinski definition) is 4. The van der Waals surface area contributed by atoms with Crippen molar-refractivity contribution < 1.29 is 23.8 Å². The van der Waals surface area contributed by atoms with Gasteiger partial charge in [0.05, 0.1) is 13.1 Å². The molecule has 2 amide bonds. The maximum atomic E-state index is 13.1. The van der Waals surface area contributed by atoms with E-state index in [4.69, 9.17) is 4.74 Å². The predicted molar refractivity (Wildman–Crippen MR) is 83.9 cm³/mol. The fourth-order valence-corrected chi connectivity index (χ4v) is 3.10. The van der Waals surface area contributed by atoms with Crippen molar-refractivity contribution in [2.24, 2.45) is 0 Å². The van der Waals surface area contributed by atoms with Gasteiger partial charge in [-0.05, 0) is 25.0 Å². The van der Waals surface area contributed by atoms with Gasteiger partial charge in [-0.15, -0.1) is 0 Å². The van der Waals surface area contributed by atoms with Crippen LogP contribution < -0.4 is 4.74 Å². The minimum atomic E-state index is -1.16. The van der Waals surface area contributed by atoms with Crippen LogP contribution in [0.15, 0.2) is 24.3 Å². The lowest BCUT2D eigenvalue weighted by atomic mass is 10.1. The number of amides is 2. The second kappa shape index (κ2) is 6.76. The van der Waals surface area contributed by atoms with Gasteiger partial charge in [-0.25, -0.2) is 4.39 Å². The van der Waals surface area contributed by atoms with Crippen LogP contribution in [0, 0.1) is 5.82 Å². The Kier molecular flexibility index (Phi) is 4.71. The quantitative estimate of drug-likeness (QED) is 0.863. The lowest BCUT2D eigenvalue weighted by Gasteiger charge is -2.25. The Balaban J connectivity index is 1.51. The molecule has 1 aromatic carbocycles. The molecule has 3 rings (SSSR count). The molecule has 2 saturated heterocycles. The molecule has 1 N–H and O–H groups in total. The van der Waals surface area contributed by atoms with Crippen molar-refractivity contribution in [3.05, 3.63) is 30.1 Å². The standard InChI is InChI=1S/C17H21FN2O4/c18-13-3-1-4-14(9-13)24-12-17(23)6-8-20(11-17)16(22)10-19-7-2-5-15(19)21/h1,3-4,9,23H,2,5-8,10-12H2/t17-/m1/s1. The van der Waals surface area contributed by atoms with Gasteiger partial charge in [0.2, 0.25) is 11.8 Å². The molecular formula is C17H21FN2O4. The molecule has 2 aliphatic rings. The number of ether oxygens (including phenoxy) is 1. The van der Waals surface area contributed by atoms with Gasteiger partial charge in [-0.3, -0.25) is 9.59 Å². The second-order valence-corrected chi connectivity index (χ2v) is 6.45. The fourth-order valence-electron chi connectivity index (χ4n) is 3.10. The molecule has 0 aliphatic carbocycles. The number of β-amino-alcohol motifs (C(OH)–C–C–N with tert-alkyl or cyclic N) is 1. The van der Waals surface area contributed by atoms with E-state index in [0.29, 0.717) is 31.7 Å². The molecule has 0 aromatic heterocycles. The summed E-state index contributed by atoms with van der Waals surface area (Å²) in [4.78, 5) is 27.0. The molecule has 0 unspecified atom stereocenters. The number of benzene rings is 1. The Morgan fingerprint density at radius 3 is 2.92 bits per heavy atom. The maximum Gasteiger partial charge on any atom is 0.242 e. The summed E-state index contributed by atoms with van der Waals surface area (Å²) in [6.07, 6.45) is 1.68. The normalized spacial score (nSPS) is 23.8. The van der Waals surface area contributed by atoms with E-state index in [1.807, 2.05) is 0 Å². The van der Waals surface area contributed by atoms with Gasteiger partial charge < -0.3 is 19.6 Å². The van der Waals surface area contributed by atoms with E-state index in [-0.39, 0.29) is 31.5 Å². The van der Waals surface area contributed by atoms with Crippen molar-refractivity contribution in [2.45, 2.75) is 24.9 Å². The van der Waals surface area contributed by atoms with Gasteiger partial charge in [-0.1, -0.05) is 6.07 Å². The summed E-state index contributed by atoms with van der Waals surface area (Å²) in [7, 11) is 0. The van der Waals surface area contributed by atoms with Crippen LogP contribution in [0.4, 0.5) is 4.39 Å². The van der Waals surface area contributed by atoms with Crippen molar-refractivity contribution in [3.8, 4) is 5.75 Å². The lowest BCUT2D eigenvalue weighted by molar-refractivity contribution is -0.138. The molecule has 2 fully saturated rings. The van der Waals surface area contributed by atoms with Gasteiger partial charge in [-0.2, -0.15) is 0 Å². The highest BCUT2D eigenvalue weighted by molar-refractivity contribution is 5.86. The summed E-state index contributed by atoms with van der Waals surface area (Å²) in [6, 6.07) is 5.72. The summed E-state index contributed by atoms with van der Waals surface area (Å²) >= 11 is 0. The van der Waals surface area contributed by atoms with E-state index >= 15 is 0 Å². The van der Waals surface area contributed by atoms with Crippen molar-refractivity contribution in [1.29, 1.82) is 0 Å². The average molecular weight is 336 g/mol. The van der Waals surface area contributed by atoms with Crippen LogP contribution in [-0.4, -0.2) is 65.1 Å². The third-order valence-corrected chi connectivity index (χ3v) is 4.49. The van der Waals surface area contributed by atoms with Gasteiger partial charge in [0.15, 0.2) is 0 Å². The maximum absolute atomic E-state index is 13.1. The molecule has 1 aromatic rings. The Labute approximate surface area is 139 Å². The van der Waals surface area contributed by atoms with E-state index in [1.165, 1.54) is 18.2 Å². The zero-order valence-corrected chi connectivity index (χ0v) is 13.4. The molecule has 130 valence electrons. The number of halogens is 1. The Morgan fingerprint density at radius 1 is 1.38 bits per heavy atom. The number of rotatable bonds is 5. The Bertz CT molecular complexity index is 639. The molecule has 6 nitrogen and oxygen atoms in total. The molecule has 2 aliphatic heterocycles. The molecule has 2 heterocycles. The topological polar surface area (TPSA) is 70.1 Å². The number of nitrogens with zero attached hydrogens (tertiary/aromatic N) is 2. The smallest absolute Gasteiger partial charge is 0.242 e. The fraction of sp³-hybridized carbons (Fsp3) is 0.529. The Morgan fingerprint density at radius 2 is 2.21 bits per heavy atom. The number of hydrogen-bond donors (Lipinski definition) is 1. The first-order valence-electron chi connectivity index (χ1n) is 8.11. The summed E-state index contributed by atoms with van der Waals surface area (Å²) in [6.45, 7) is 1.25. The SMILES string of the molecule is O=C1CCCN1CC(=O)N1CC[C@](O)(COc2cccc(F)c2)C1. The van der Waals surface area contributed by atoms with Crippen molar-refractivity contribution in [1.82, 2.24) is 9.80 Å². The van der Waals surface area contributed by atoms with Crippen LogP contribution >= 0.6 is 0 Å². The molecule has 0 radical (unpaired) electrons. The van der Waals surface area contributed by atoms with E-state index in [2.05, 4.69) is 0 Å². The van der Waals surface area contributed by atoms with Crippen LogP contribution in [-0.2, 0) is 9.59 Å². The van der Waals surface area contributed by atoms with E-state index in [0.717, 1.165) is 6.42 Å². The molecule has 0 saturated carbocycles. The van der Waals surface area contributed by atoms with Crippen LogP contribution in [0.2, 0.25) is 0 Å². The van der Waals surface area contributed by atoms with Gasteiger partial charge in [0.1, 0.15) is 23.8 Å². The molecule has 1 atom stereocenters. The average Bonchev–Trinajstić information content (AvgIpc) is 3.13. The molecule has 0 bridgehead atoms. The minimum Gasteiger partial charge on any atom is -0.490 e. The van der Waals surface area contributed by atoms with Crippen molar-refractivity contribution >= 4 is 11.8 Å². The first kappa shape index (κ1) is 16.7. The number of carbonyl (C=O) groups excluding carboxylic acids is 2. The molecule has 7 heteroatoms. The van der Waals surface area contributed by atoms with Crippen LogP contribution in [0.1, 0.15) is 19.3 Å². The lowest BCUT2D eigenvalue weighted by Crippen LogP contribution is -2.44. The first-order chi connectivity index (χ1) is 11.5. The Hall–Kier alpha value is -2.15. The van der Waals surface area contributed by atoms with Crippen LogP contribution in [0.5, 0.6) is 5.75 Å². The monoisotopic (exact) mass is 336 g/mol. The zero-order chi connectivity index (χ0) is 17.2. The van der Waals surface area contributed by atoms with Gasteiger partial charge in [0.25, 0.3) is 0 Å². The van der Waals surface area contributed by atoms with Crippen LogP contribution in [0.25, 0.3) is 0 Å². The molecule has 24 heavy (non-hydrogen) atoms. The van der Waals surface area contributed by atoms with Crippen molar-refractivity contribution in [3.63, 3.8) is 0 Å². The van der Waals surface area contributed by atoms with E-state index in [1.54, 1.807) is 15.9 Å². The number of aliphatic hydroxyl groups is 1. The van der Waals surface area contributed by atoms with Gasteiger partial charge in [0, 0.05) is 25.6 Å². The molecule has 0 spiro atoms. The highest BCUT2D eigenvalue weighted by Gasteiger charge is 2.39. The summed E-state index contributed by atoms with van der Waals surface area (Å²) in [5.74, 6) is -0.215. The van der Waals surface area contributed by atoms with E-state index < -0.39 is 11.4 Å². The predicted octanol–water partition coefficient (Wildman–Crippen LogP) is 0.790. The summed E-state index contributed by atoms with van der Waals surface area (Å²) in [5.41, 5.74) is -1.16. The van der Waals surface area contributed by atoms with Crippen molar-refractivity contribution in [2.75, 3.05) is 32.8 Å². The first-order valence-corrected chi connectivity index (χ1v) is 8.11. The number of carbonyl (C=O) groups is 2. The second-order valence-electron chi connectivity index (χ2n) is 6.45. The third kappa shape index (κ3) is 3.84. The summed E-state index contributed by atoms with van der Waals surface area (Å²) < 4.78 is 18.6. The highest BCUT2D eigenvalue weighted by atomic mass is 19.1. The third-order valence-electron chi connectivity index (χ3n) is 4.49. The van der Waals surface area contributed by atoms with Gasteiger partial charge >= 0.3 is 0 Å². The largest absolute Gasteiger partial charge is 0.490 e. The van der Waals surface area contributed by atoms with E-state index in [9.17, 15) is 19.1 Å². The van der Waals surface area contributed by atoms with Crippen LogP contribution in [0.3, 0.4) is 0 Å². The highest BCUT2D eigenvalue weighted by Crippen LogP contribution is 2.24. The number of likely N-dealkylation sites (tertiary alicyclic amines) is 2. The minimum absolute atomic E-state index is 0.00671.